The van der Waals surface area contributed by atoms with Gasteiger partial charge in [-0.3, -0.25) is 4.98 Å². The van der Waals surface area contributed by atoms with E-state index < -0.39 is 0 Å². The Balaban J connectivity index is 1.79. The Morgan fingerprint density at radius 2 is 1.70 bits per heavy atom. The molecule has 1 saturated heterocycles. The fraction of sp³-hybridized carbons (Fsp3) is 0.421. The number of hydrogen-bond donors (Lipinski definition) is 2. The van der Waals surface area contributed by atoms with Gasteiger partial charge in [-0.05, 0) is 36.1 Å². The molecule has 0 unspecified atom stereocenters. The van der Waals surface area contributed by atoms with Crippen LogP contribution in [0.1, 0.15) is 30.0 Å². The minimum absolute atomic E-state index is 0.0850. The van der Waals surface area contributed by atoms with Crippen LogP contribution in [0.5, 0.6) is 0 Å². The molecular formula is C19H24N2O2. The highest BCUT2D eigenvalue weighted by atomic mass is 16.5. The molecule has 0 aliphatic carbocycles. The van der Waals surface area contributed by atoms with Gasteiger partial charge in [-0.2, -0.15) is 0 Å². The fourth-order valence-electron chi connectivity index (χ4n) is 3.14. The zero-order valence-corrected chi connectivity index (χ0v) is 13.3. The van der Waals surface area contributed by atoms with Gasteiger partial charge in [-0.25, -0.2) is 0 Å². The summed E-state index contributed by atoms with van der Waals surface area (Å²) in [4.78, 5) is 4.12. The summed E-state index contributed by atoms with van der Waals surface area (Å²) in [6.45, 7) is 2.43. The van der Waals surface area contributed by atoms with Gasteiger partial charge < -0.3 is 15.2 Å². The van der Waals surface area contributed by atoms with Crippen molar-refractivity contribution in [2.75, 3.05) is 26.4 Å². The molecule has 0 amide bonds. The van der Waals surface area contributed by atoms with Gasteiger partial charge in [0.15, 0.2) is 0 Å². The maximum atomic E-state index is 9.89. The van der Waals surface area contributed by atoms with E-state index in [1.54, 1.807) is 0 Å². The number of benzene rings is 1. The number of rotatable bonds is 6. The minimum Gasteiger partial charge on any atom is -0.396 e. The van der Waals surface area contributed by atoms with E-state index in [4.69, 9.17) is 4.74 Å². The Labute approximate surface area is 137 Å². The van der Waals surface area contributed by atoms with Crippen LogP contribution in [0.2, 0.25) is 0 Å². The molecule has 1 atom stereocenters. The van der Waals surface area contributed by atoms with E-state index in [1.807, 2.05) is 30.6 Å². The molecular weight excluding hydrogens is 288 g/mol. The van der Waals surface area contributed by atoms with Crippen LogP contribution in [-0.2, 0) is 4.74 Å². The van der Waals surface area contributed by atoms with Crippen molar-refractivity contribution in [3.8, 4) is 0 Å². The number of aliphatic hydroxyl groups excluding tert-OH is 1. The number of nitrogens with one attached hydrogen (secondary N) is 1. The van der Waals surface area contributed by atoms with Crippen molar-refractivity contribution < 1.29 is 9.84 Å². The molecule has 23 heavy (non-hydrogen) atoms. The van der Waals surface area contributed by atoms with Crippen molar-refractivity contribution >= 4 is 0 Å². The topological polar surface area (TPSA) is 54.4 Å². The largest absolute Gasteiger partial charge is 0.396 e. The number of aliphatic hydroxyl groups is 1. The highest BCUT2D eigenvalue weighted by Crippen LogP contribution is 2.31. The normalized spacial score (nSPS) is 18.5. The number of pyridine rings is 1. The highest BCUT2D eigenvalue weighted by Gasteiger charge is 2.32. The van der Waals surface area contributed by atoms with E-state index in [2.05, 4.69) is 34.6 Å². The summed E-state index contributed by atoms with van der Waals surface area (Å²) in [5.74, 6) is 0. The lowest BCUT2D eigenvalue weighted by Crippen LogP contribution is -2.43. The zero-order valence-electron chi connectivity index (χ0n) is 13.3. The van der Waals surface area contributed by atoms with Gasteiger partial charge in [-0.1, -0.05) is 30.3 Å². The first-order valence-electron chi connectivity index (χ1n) is 8.20. The van der Waals surface area contributed by atoms with Gasteiger partial charge in [0.05, 0.1) is 12.6 Å². The molecule has 1 aliphatic heterocycles. The van der Waals surface area contributed by atoms with Crippen LogP contribution in [0, 0.1) is 5.41 Å². The van der Waals surface area contributed by atoms with Crippen LogP contribution >= 0.6 is 0 Å². The third-order valence-corrected chi connectivity index (χ3v) is 4.74. The fourth-order valence-corrected chi connectivity index (χ4v) is 3.14. The van der Waals surface area contributed by atoms with Gasteiger partial charge >= 0.3 is 0 Å². The van der Waals surface area contributed by atoms with Crippen molar-refractivity contribution in [3.63, 3.8) is 0 Å². The van der Waals surface area contributed by atoms with Crippen molar-refractivity contribution in [1.29, 1.82) is 0 Å². The minimum atomic E-state index is -0.0850. The molecule has 122 valence electrons. The lowest BCUT2D eigenvalue weighted by atomic mass is 9.80. The summed E-state index contributed by atoms with van der Waals surface area (Å²) >= 11 is 0. The van der Waals surface area contributed by atoms with E-state index in [9.17, 15) is 5.11 Å². The standard InChI is InChI=1S/C19H24N2O2/c22-15-19(8-12-23-13-9-19)14-21-18(16-4-2-1-3-5-16)17-6-10-20-11-7-17/h1-7,10-11,18,21-22H,8-9,12-15H2/t18-/m1/s1. The zero-order chi connectivity index (χ0) is 16.0. The Kier molecular flexibility index (Phi) is 5.39. The Morgan fingerprint density at radius 1 is 1.04 bits per heavy atom. The molecule has 0 spiro atoms. The van der Waals surface area contributed by atoms with Crippen molar-refractivity contribution in [3.05, 3.63) is 66.0 Å². The predicted octanol–water partition coefficient (Wildman–Crippen LogP) is 2.55. The number of aromatic nitrogens is 1. The smallest absolute Gasteiger partial charge is 0.0578 e. The van der Waals surface area contributed by atoms with Crippen LogP contribution in [0.25, 0.3) is 0 Å². The van der Waals surface area contributed by atoms with Crippen LogP contribution in [-0.4, -0.2) is 36.5 Å². The molecule has 0 bridgehead atoms. The van der Waals surface area contributed by atoms with Crippen LogP contribution in [0.3, 0.4) is 0 Å². The average molecular weight is 312 g/mol. The lowest BCUT2D eigenvalue weighted by molar-refractivity contribution is -0.0160. The Hall–Kier alpha value is -1.75. The molecule has 4 nitrogen and oxygen atoms in total. The monoisotopic (exact) mass is 312 g/mol. The Morgan fingerprint density at radius 3 is 2.35 bits per heavy atom. The Bertz CT molecular complexity index is 543. The first kappa shape index (κ1) is 16.1. The summed E-state index contributed by atoms with van der Waals surface area (Å²) in [5, 5.41) is 13.6. The van der Waals surface area contributed by atoms with E-state index in [0.717, 1.165) is 32.6 Å². The third-order valence-electron chi connectivity index (χ3n) is 4.74. The molecule has 0 saturated carbocycles. The first-order valence-corrected chi connectivity index (χ1v) is 8.20. The molecule has 3 rings (SSSR count). The summed E-state index contributed by atoms with van der Waals surface area (Å²) in [6, 6.07) is 14.6. The average Bonchev–Trinajstić information content (AvgIpc) is 2.64. The summed E-state index contributed by atoms with van der Waals surface area (Å²) < 4.78 is 5.46. The second-order valence-electron chi connectivity index (χ2n) is 6.28. The molecule has 1 aromatic carbocycles. The van der Waals surface area contributed by atoms with Gasteiger partial charge in [0.25, 0.3) is 0 Å². The van der Waals surface area contributed by atoms with Crippen molar-refractivity contribution in [2.45, 2.75) is 18.9 Å². The lowest BCUT2D eigenvalue weighted by Gasteiger charge is -2.37. The summed E-state index contributed by atoms with van der Waals surface area (Å²) in [6.07, 6.45) is 5.44. The van der Waals surface area contributed by atoms with Gasteiger partial charge in [-0.15, -0.1) is 0 Å². The van der Waals surface area contributed by atoms with Gasteiger partial charge in [0.2, 0.25) is 0 Å². The third kappa shape index (κ3) is 3.96. The van der Waals surface area contributed by atoms with Crippen molar-refractivity contribution in [2.24, 2.45) is 5.41 Å². The number of ether oxygens (including phenoxy) is 1. The van der Waals surface area contributed by atoms with E-state index in [-0.39, 0.29) is 18.1 Å². The molecule has 2 aromatic rings. The maximum absolute atomic E-state index is 9.89. The first-order chi connectivity index (χ1) is 11.3. The molecule has 1 aliphatic rings. The maximum Gasteiger partial charge on any atom is 0.0578 e. The highest BCUT2D eigenvalue weighted by molar-refractivity contribution is 5.30. The summed E-state index contributed by atoms with van der Waals surface area (Å²) in [7, 11) is 0. The summed E-state index contributed by atoms with van der Waals surface area (Å²) in [5.41, 5.74) is 2.32. The number of nitrogens with zero attached hydrogens (tertiary/aromatic N) is 1. The van der Waals surface area contributed by atoms with E-state index in [1.165, 1.54) is 11.1 Å². The second-order valence-corrected chi connectivity index (χ2v) is 6.28. The van der Waals surface area contributed by atoms with Crippen LogP contribution in [0.4, 0.5) is 0 Å². The van der Waals surface area contributed by atoms with Crippen molar-refractivity contribution in [1.82, 2.24) is 10.3 Å². The van der Waals surface area contributed by atoms with E-state index >= 15 is 0 Å². The molecule has 2 heterocycles. The molecule has 2 N–H and O–H groups in total. The second kappa shape index (κ2) is 7.68. The number of hydrogen-bond acceptors (Lipinski definition) is 4. The molecule has 0 radical (unpaired) electrons. The SMILES string of the molecule is OCC1(CN[C@H](c2ccccc2)c2ccncc2)CCOCC1. The quantitative estimate of drug-likeness (QED) is 0.861. The molecule has 1 fully saturated rings. The molecule has 4 heteroatoms. The van der Waals surface area contributed by atoms with Crippen LogP contribution in [0.15, 0.2) is 54.9 Å². The van der Waals surface area contributed by atoms with Gasteiger partial charge in [0, 0.05) is 37.6 Å². The predicted molar refractivity (Wildman–Crippen MR) is 90.1 cm³/mol. The van der Waals surface area contributed by atoms with Crippen LogP contribution < -0.4 is 5.32 Å². The van der Waals surface area contributed by atoms with Gasteiger partial charge in [0.1, 0.15) is 0 Å². The molecule has 1 aromatic heterocycles. The van der Waals surface area contributed by atoms with E-state index in [0.29, 0.717) is 0 Å².